The van der Waals surface area contributed by atoms with E-state index in [2.05, 4.69) is 5.32 Å². The van der Waals surface area contributed by atoms with Gasteiger partial charge in [-0.05, 0) is 36.8 Å². The molecule has 1 aromatic rings. The third-order valence-corrected chi connectivity index (χ3v) is 4.85. The fraction of sp³-hybridized carbons (Fsp3) is 0.538. The standard InChI is InChI=1S/C13H15ClF3NS/c1-8-11(3-2-6-19-8)18-12-5-4-9(14)7-10(12)13(15,16)17/h4-5,7-8,11,18H,2-3,6H2,1H3. The predicted octanol–water partition coefficient (Wildman–Crippen LogP) is 5.05. The molecule has 106 valence electrons. The molecule has 0 spiro atoms. The molecule has 0 aliphatic carbocycles. The van der Waals surface area contributed by atoms with Crippen LogP contribution >= 0.6 is 23.4 Å². The minimum Gasteiger partial charge on any atom is -0.381 e. The van der Waals surface area contributed by atoms with Crippen molar-refractivity contribution in [3.8, 4) is 0 Å². The van der Waals surface area contributed by atoms with Gasteiger partial charge in [0, 0.05) is 22.0 Å². The van der Waals surface area contributed by atoms with Gasteiger partial charge in [-0.15, -0.1) is 0 Å². The quantitative estimate of drug-likeness (QED) is 0.820. The molecule has 1 aliphatic rings. The lowest BCUT2D eigenvalue weighted by Gasteiger charge is -2.31. The highest BCUT2D eigenvalue weighted by Crippen LogP contribution is 2.38. The molecule has 1 N–H and O–H groups in total. The number of nitrogens with one attached hydrogen (secondary N) is 1. The van der Waals surface area contributed by atoms with Crippen LogP contribution in [-0.2, 0) is 6.18 Å². The number of alkyl halides is 3. The highest BCUT2D eigenvalue weighted by Gasteiger charge is 2.35. The summed E-state index contributed by atoms with van der Waals surface area (Å²) >= 11 is 7.45. The van der Waals surface area contributed by atoms with Crippen molar-refractivity contribution in [2.45, 2.75) is 37.2 Å². The van der Waals surface area contributed by atoms with Gasteiger partial charge < -0.3 is 5.32 Å². The van der Waals surface area contributed by atoms with Crippen molar-refractivity contribution in [3.05, 3.63) is 28.8 Å². The first-order valence-corrected chi connectivity index (χ1v) is 7.55. The van der Waals surface area contributed by atoms with Crippen molar-refractivity contribution in [2.24, 2.45) is 0 Å². The van der Waals surface area contributed by atoms with Crippen molar-refractivity contribution in [3.63, 3.8) is 0 Å². The van der Waals surface area contributed by atoms with Gasteiger partial charge in [0.25, 0.3) is 0 Å². The maximum Gasteiger partial charge on any atom is 0.418 e. The molecule has 0 saturated carbocycles. The van der Waals surface area contributed by atoms with Crippen LogP contribution in [0.5, 0.6) is 0 Å². The van der Waals surface area contributed by atoms with Gasteiger partial charge in [0.2, 0.25) is 0 Å². The lowest BCUT2D eigenvalue weighted by molar-refractivity contribution is -0.137. The van der Waals surface area contributed by atoms with Crippen LogP contribution in [0, 0.1) is 0 Å². The molecule has 2 unspecified atom stereocenters. The Morgan fingerprint density at radius 1 is 1.37 bits per heavy atom. The molecule has 2 rings (SSSR count). The van der Waals surface area contributed by atoms with Crippen molar-refractivity contribution in [2.75, 3.05) is 11.1 Å². The molecular formula is C13H15ClF3NS. The topological polar surface area (TPSA) is 12.0 Å². The lowest BCUT2D eigenvalue weighted by atomic mass is 10.1. The number of thioether (sulfide) groups is 1. The first-order chi connectivity index (χ1) is 8.88. The van der Waals surface area contributed by atoms with Gasteiger partial charge in [-0.1, -0.05) is 18.5 Å². The normalized spacial score (nSPS) is 24.3. The SMILES string of the molecule is CC1SCCCC1Nc1ccc(Cl)cc1C(F)(F)F. The van der Waals surface area contributed by atoms with Crippen LogP contribution < -0.4 is 5.32 Å². The molecule has 0 radical (unpaired) electrons. The maximum atomic E-state index is 13.0. The lowest BCUT2D eigenvalue weighted by Crippen LogP contribution is -2.33. The summed E-state index contributed by atoms with van der Waals surface area (Å²) in [6.45, 7) is 2.05. The molecule has 1 heterocycles. The van der Waals surface area contributed by atoms with Gasteiger partial charge in [0.05, 0.1) is 5.56 Å². The van der Waals surface area contributed by atoms with E-state index in [0.717, 1.165) is 24.7 Å². The van der Waals surface area contributed by atoms with Gasteiger partial charge in [0.15, 0.2) is 0 Å². The largest absolute Gasteiger partial charge is 0.418 e. The molecule has 2 atom stereocenters. The zero-order chi connectivity index (χ0) is 14.0. The first kappa shape index (κ1) is 14.9. The summed E-state index contributed by atoms with van der Waals surface area (Å²) in [7, 11) is 0. The number of halogens is 4. The third-order valence-electron chi connectivity index (χ3n) is 3.23. The minimum atomic E-state index is -4.39. The van der Waals surface area contributed by atoms with Crippen LogP contribution in [0.25, 0.3) is 0 Å². The number of rotatable bonds is 2. The number of hydrogen-bond donors (Lipinski definition) is 1. The van der Waals surface area contributed by atoms with Crippen molar-refractivity contribution >= 4 is 29.1 Å². The number of benzene rings is 1. The predicted molar refractivity (Wildman–Crippen MR) is 75.0 cm³/mol. The van der Waals surface area contributed by atoms with E-state index in [1.165, 1.54) is 12.1 Å². The molecule has 1 aromatic carbocycles. The Bertz CT molecular complexity index is 450. The summed E-state index contributed by atoms with van der Waals surface area (Å²) in [6.07, 6.45) is -2.46. The molecule has 0 amide bonds. The second kappa shape index (κ2) is 5.83. The van der Waals surface area contributed by atoms with Crippen molar-refractivity contribution < 1.29 is 13.2 Å². The Morgan fingerprint density at radius 3 is 2.74 bits per heavy atom. The summed E-state index contributed by atoms with van der Waals surface area (Å²) in [5, 5.41) is 3.45. The third kappa shape index (κ3) is 3.72. The Balaban J connectivity index is 2.24. The Hall–Kier alpha value is -0.550. The molecule has 1 fully saturated rings. The highest BCUT2D eigenvalue weighted by atomic mass is 35.5. The fourth-order valence-electron chi connectivity index (χ4n) is 2.19. The number of anilines is 1. The molecule has 1 nitrogen and oxygen atoms in total. The summed E-state index contributed by atoms with van der Waals surface area (Å²) in [6, 6.07) is 3.95. The van der Waals surface area contributed by atoms with Crippen molar-refractivity contribution in [1.29, 1.82) is 0 Å². The van der Waals surface area contributed by atoms with Crippen LogP contribution in [0.3, 0.4) is 0 Å². The second-order valence-corrected chi connectivity index (χ2v) is 6.58. The van der Waals surface area contributed by atoms with Crippen molar-refractivity contribution in [1.82, 2.24) is 0 Å². The summed E-state index contributed by atoms with van der Waals surface area (Å²) in [4.78, 5) is 0. The molecule has 19 heavy (non-hydrogen) atoms. The fourth-order valence-corrected chi connectivity index (χ4v) is 3.50. The van der Waals surface area contributed by atoms with Crippen LogP contribution in [0.2, 0.25) is 5.02 Å². The van der Waals surface area contributed by atoms with Crippen LogP contribution in [0.1, 0.15) is 25.3 Å². The van der Waals surface area contributed by atoms with Gasteiger partial charge in [-0.2, -0.15) is 24.9 Å². The van der Waals surface area contributed by atoms with E-state index in [-0.39, 0.29) is 16.8 Å². The van der Waals surface area contributed by atoms with E-state index in [1.54, 1.807) is 11.8 Å². The number of hydrogen-bond acceptors (Lipinski definition) is 2. The monoisotopic (exact) mass is 309 g/mol. The zero-order valence-electron chi connectivity index (χ0n) is 10.4. The average molecular weight is 310 g/mol. The van der Waals surface area contributed by atoms with E-state index in [1.807, 2.05) is 6.92 Å². The van der Waals surface area contributed by atoms with Gasteiger partial charge in [-0.3, -0.25) is 0 Å². The van der Waals surface area contributed by atoms with Crippen LogP contribution in [0.4, 0.5) is 18.9 Å². The molecule has 0 aromatic heterocycles. The smallest absolute Gasteiger partial charge is 0.381 e. The van der Waals surface area contributed by atoms with Gasteiger partial charge >= 0.3 is 6.18 Å². The highest BCUT2D eigenvalue weighted by molar-refractivity contribution is 8.00. The molecule has 1 aliphatic heterocycles. The summed E-state index contributed by atoms with van der Waals surface area (Å²) in [5.41, 5.74) is -0.570. The Morgan fingerprint density at radius 2 is 2.11 bits per heavy atom. The van der Waals surface area contributed by atoms with E-state index >= 15 is 0 Å². The van der Waals surface area contributed by atoms with Gasteiger partial charge in [-0.25, -0.2) is 0 Å². The summed E-state index contributed by atoms with van der Waals surface area (Å²) < 4.78 is 38.9. The molecular weight excluding hydrogens is 295 g/mol. The van der Waals surface area contributed by atoms with E-state index < -0.39 is 11.7 Å². The molecule has 0 bridgehead atoms. The van der Waals surface area contributed by atoms with Crippen LogP contribution in [0.15, 0.2) is 18.2 Å². The van der Waals surface area contributed by atoms with E-state index in [4.69, 9.17) is 11.6 Å². The van der Waals surface area contributed by atoms with E-state index in [0.29, 0.717) is 5.25 Å². The zero-order valence-corrected chi connectivity index (χ0v) is 12.0. The Labute approximate surface area is 119 Å². The van der Waals surface area contributed by atoms with E-state index in [9.17, 15) is 13.2 Å². The molecule has 1 saturated heterocycles. The average Bonchev–Trinajstić information content (AvgIpc) is 2.33. The first-order valence-electron chi connectivity index (χ1n) is 6.13. The second-order valence-electron chi connectivity index (χ2n) is 4.66. The molecule has 6 heteroatoms. The minimum absolute atomic E-state index is 0.0704. The van der Waals surface area contributed by atoms with Crippen LogP contribution in [-0.4, -0.2) is 17.0 Å². The summed E-state index contributed by atoms with van der Waals surface area (Å²) in [5.74, 6) is 1.08. The Kier molecular flexibility index (Phi) is 4.56. The van der Waals surface area contributed by atoms with Gasteiger partial charge in [0.1, 0.15) is 0 Å². The maximum absolute atomic E-state index is 13.0.